The van der Waals surface area contributed by atoms with E-state index in [-0.39, 0.29) is 34.4 Å². The summed E-state index contributed by atoms with van der Waals surface area (Å²) in [5.74, 6) is 0.911. The summed E-state index contributed by atoms with van der Waals surface area (Å²) in [6.45, 7) is 1.79. The molecule has 2 aliphatic rings. The van der Waals surface area contributed by atoms with E-state index in [2.05, 4.69) is 20.2 Å². The first-order chi connectivity index (χ1) is 17.2. The van der Waals surface area contributed by atoms with Crippen LogP contribution in [0.5, 0.6) is 5.75 Å². The number of carbonyl (C=O) groups is 1. The number of nitro benzene ring substituents is 1. The van der Waals surface area contributed by atoms with E-state index in [1.807, 2.05) is 6.07 Å². The van der Waals surface area contributed by atoms with Gasteiger partial charge in [0.1, 0.15) is 17.7 Å². The van der Waals surface area contributed by atoms with Crippen LogP contribution in [0.3, 0.4) is 0 Å². The molecule has 0 radical (unpaired) electrons. The fourth-order valence-electron chi connectivity index (χ4n) is 4.54. The van der Waals surface area contributed by atoms with Gasteiger partial charge in [0.05, 0.1) is 15.5 Å². The predicted molar refractivity (Wildman–Crippen MR) is 128 cm³/mol. The van der Waals surface area contributed by atoms with Crippen LogP contribution in [0.2, 0.25) is 0 Å². The number of sulfonamides is 1. The highest BCUT2D eigenvalue weighted by Gasteiger charge is 2.32. The van der Waals surface area contributed by atoms with Crippen LogP contribution >= 0.6 is 0 Å². The molecule has 188 valence electrons. The zero-order valence-corrected chi connectivity index (χ0v) is 19.9. The Balaban J connectivity index is 1.16. The molecule has 3 aromatic rings. The number of anilines is 2. The summed E-state index contributed by atoms with van der Waals surface area (Å²) in [6, 6.07) is 11.8. The number of benzene rings is 2. The van der Waals surface area contributed by atoms with E-state index < -0.39 is 21.1 Å². The van der Waals surface area contributed by atoms with Crippen molar-refractivity contribution in [2.24, 2.45) is 0 Å². The Labute approximate surface area is 206 Å². The zero-order chi connectivity index (χ0) is 25.4. The van der Waals surface area contributed by atoms with Gasteiger partial charge in [0, 0.05) is 35.8 Å². The van der Waals surface area contributed by atoms with E-state index in [1.165, 1.54) is 24.3 Å². The van der Waals surface area contributed by atoms with Crippen molar-refractivity contribution in [3.63, 3.8) is 0 Å². The fraction of sp³-hybridized carbons (Fsp3) is 0.304. The number of fused-ring (bicyclic) bond motifs is 1. The lowest BCUT2D eigenvalue weighted by Gasteiger charge is -2.12. The highest BCUT2D eigenvalue weighted by Crippen LogP contribution is 2.37. The van der Waals surface area contributed by atoms with E-state index in [0.717, 1.165) is 17.8 Å². The highest BCUT2D eigenvalue weighted by atomic mass is 32.2. The molecule has 1 aliphatic carbocycles. The maximum absolute atomic E-state index is 12.1. The molecule has 1 saturated carbocycles. The zero-order valence-electron chi connectivity index (χ0n) is 19.1. The molecule has 2 aromatic carbocycles. The Morgan fingerprint density at radius 1 is 1.17 bits per heavy atom. The smallest absolute Gasteiger partial charge is 0.431 e. The van der Waals surface area contributed by atoms with Crippen LogP contribution in [0.15, 0.2) is 53.4 Å². The number of ether oxygens (including phenoxy) is 2. The summed E-state index contributed by atoms with van der Waals surface area (Å²) in [4.78, 5) is 22.6. The monoisotopic (exact) mass is 513 g/mol. The van der Waals surface area contributed by atoms with Gasteiger partial charge in [-0.05, 0) is 62.1 Å². The Bertz CT molecular complexity index is 1420. The van der Waals surface area contributed by atoms with E-state index in [9.17, 15) is 23.3 Å². The van der Waals surface area contributed by atoms with Crippen LogP contribution in [0.1, 0.15) is 49.4 Å². The molecule has 3 atom stereocenters. The van der Waals surface area contributed by atoms with E-state index in [4.69, 9.17) is 9.47 Å². The second kappa shape index (κ2) is 9.24. The van der Waals surface area contributed by atoms with Gasteiger partial charge in [-0.3, -0.25) is 15.2 Å². The van der Waals surface area contributed by atoms with Crippen molar-refractivity contribution in [1.29, 1.82) is 0 Å². The van der Waals surface area contributed by atoms with E-state index in [0.29, 0.717) is 24.2 Å². The quantitative estimate of drug-likeness (QED) is 0.189. The van der Waals surface area contributed by atoms with Gasteiger partial charge in [-0.1, -0.05) is 0 Å². The summed E-state index contributed by atoms with van der Waals surface area (Å²) in [5, 5.41) is 21.3. The lowest BCUT2D eigenvalue weighted by molar-refractivity contribution is -0.384. The molecule has 1 unspecified atom stereocenters. The topological polar surface area (TPSA) is 166 Å². The number of H-pyrrole nitrogens is 1. The number of non-ortho nitro benzene ring substituents is 1. The molecule has 5 rings (SSSR count). The molecule has 0 saturated heterocycles. The molecule has 36 heavy (non-hydrogen) atoms. The maximum atomic E-state index is 12.1. The molecule has 0 amide bonds. The number of nitro groups is 1. The molecule has 3 N–H and O–H groups in total. The maximum Gasteiger partial charge on any atom is 0.514 e. The summed E-state index contributed by atoms with van der Waals surface area (Å²) >= 11 is 0. The third-order valence-corrected chi connectivity index (χ3v) is 7.90. The summed E-state index contributed by atoms with van der Waals surface area (Å²) in [6.07, 6.45) is 0.821. The molecule has 0 spiro atoms. The lowest BCUT2D eigenvalue weighted by Crippen LogP contribution is -2.18. The average Bonchev–Trinajstić information content (AvgIpc) is 3.53. The molecule has 2 heterocycles. The molecule has 1 aromatic heterocycles. The van der Waals surface area contributed by atoms with Gasteiger partial charge in [0.25, 0.3) is 5.69 Å². The van der Waals surface area contributed by atoms with Crippen LogP contribution in [-0.2, 0) is 14.8 Å². The molecule has 0 bridgehead atoms. The van der Waals surface area contributed by atoms with Crippen molar-refractivity contribution in [3.05, 3.63) is 69.9 Å². The Hall–Kier alpha value is -3.97. The number of nitrogens with zero attached hydrogens (tertiary/aromatic N) is 2. The molecular formula is C23H23N5O7S. The van der Waals surface area contributed by atoms with Gasteiger partial charge >= 0.3 is 6.16 Å². The predicted octanol–water partition coefficient (Wildman–Crippen LogP) is 4.27. The number of aromatic amines is 1. The van der Waals surface area contributed by atoms with Crippen molar-refractivity contribution in [3.8, 4) is 5.75 Å². The van der Waals surface area contributed by atoms with Crippen molar-refractivity contribution in [2.75, 3.05) is 5.32 Å². The number of carbonyl (C=O) groups excluding carboxylic acids is 1. The van der Waals surface area contributed by atoms with E-state index in [1.54, 1.807) is 25.1 Å². The summed E-state index contributed by atoms with van der Waals surface area (Å²) < 4.78 is 37.3. The Kier molecular flexibility index (Phi) is 6.10. The minimum atomic E-state index is -3.46. The van der Waals surface area contributed by atoms with Gasteiger partial charge in [-0.2, -0.15) is 5.10 Å². The van der Waals surface area contributed by atoms with Crippen LogP contribution in [0, 0.1) is 10.1 Å². The van der Waals surface area contributed by atoms with Gasteiger partial charge in [-0.25, -0.2) is 17.9 Å². The fourth-order valence-corrected chi connectivity index (χ4v) is 6.06. The normalized spacial score (nSPS) is 22.1. The van der Waals surface area contributed by atoms with Crippen LogP contribution in [-0.4, -0.2) is 35.8 Å². The second-order valence-electron chi connectivity index (χ2n) is 8.78. The molecule has 1 aliphatic heterocycles. The van der Waals surface area contributed by atoms with Crippen molar-refractivity contribution in [1.82, 2.24) is 14.9 Å². The Morgan fingerprint density at radius 2 is 1.94 bits per heavy atom. The third-order valence-electron chi connectivity index (χ3n) is 6.29. The second-order valence-corrected chi connectivity index (χ2v) is 10.5. The number of rotatable bonds is 6. The molecular weight excluding hydrogens is 490 g/mol. The van der Waals surface area contributed by atoms with Gasteiger partial charge in [0.2, 0.25) is 10.0 Å². The third kappa shape index (κ3) is 4.88. The van der Waals surface area contributed by atoms with Crippen molar-refractivity contribution >= 4 is 33.4 Å². The minimum absolute atomic E-state index is 0.0864. The lowest BCUT2D eigenvalue weighted by atomic mass is 10.0. The first-order valence-electron chi connectivity index (χ1n) is 11.3. The summed E-state index contributed by atoms with van der Waals surface area (Å²) in [5.41, 5.74) is 2.16. The van der Waals surface area contributed by atoms with E-state index >= 15 is 0 Å². The minimum Gasteiger partial charge on any atom is -0.431 e. The average molecular weight is 514 g/mol. The van der Waals surface area contributed by atoms with Crippen LogP contribution in [0.4, 0.5) is 22.0 Å². The van der Waals surface area contributed by atoms with Gasteiger partial charge in [-0.15, -0.1) is 0 Å². The van der Waals surface area contributed by atoms with Gasteiger partial charge in [0.15, 0.2) is 0 Å². The molecule has 13 heteroatoms. The highest BCUT2D eigenvalue weighted by molar-refractivity contribution is 7.89. The number of nitrogens with one attached hydrogen (secondary N) is 3. The summed E-state index contributed by atoms with van der Waals surface area (Å²) in [7, 11) is -3.46. The number of aromatic nitrogens is 2. The van der Waals surface area contributed by atoms with Crippen LogP contribution in [0.25, 0.3) is 0 Å². The largest absolute Gasteiger partial charge is 0.514 e. The van der Waals surface area contributed by atoms with Crippen molar-refractivity contribution in [2.45, 2.75) is 49.1 Å². The van der Waals surface area contributed by atoms with Gasteiger partial charge < -0.3 is 14.8 Å². The first-order valence-corrected chi connectivity index (χ1v) is 12.8. The molecule has 1 fully saturated rings. The van der Waals surface area contributed by atoms with Crippen LogP contribution < -0.4 is 14.8 Å². The SMILES string of the molecule is CC1NS(=O)(=O)c2ccc(Nc3cc([C@H]4CC[C@@H](OC(=O)Oc5ccc([N+](=O)[O-])cc5)C4)n[nH]3)cc21. The standard InChI is InChI=1S/C23H23N5O7S/c1-13-19-11-15(3-9-21(19)36(32,33)27-13)24-22-12-20(25-26-22)14-2-6-18(10-14)35-23(29)34-17-7-4-16(5-8-17)28(30)31/h3-5,7-9,11-14,18,27H,2,6,10H2,1H3,(H2,24,25,26)/t13?,14-,18+/m0/s1. The van der Waals surface area contributed by atoms with Crippen molar-refractivity contribution < 1.29 is 27.6 Å². The number of hydrogen-bond donors (Lipinski definition) is 3. The molecule has 12 nitrogen and oxygen atoms in total. The first kappa shape index (κ1) is 23.8. The Morgan fingerprint density at radius 3 is 2.69 bits per heavy atom. The number of hydrogen-bond acceptors (Lipinski definition) is 9.